The number of hydrogen-bond donors (Lipinski definition) is 1. The van der Waals surface area contributed by atoms with Crippen molar-refractivity contribution in [3.8, 4) is 11.6 Å². The molecule has 0 saturated carbocycles. The Morgan fingerprint density at radius 1 is 1.36 bits per heavy atom. The van der Waals surface area contributed by atoms with Crippen LogP contribution in [0.1, 0.15) is 42.0 Å². The van der Waals surface area contributed by atoms with E-state index in [1.54, 1.807) is 18.5 Å². The summed E-state index contributed by atoms with van der Waals surface area (Å²) in [5.74, 6) is 1.47. The van der Waals surface area contributed by atoms with Gasteiger partial charge in [-0.05, 0) is 38.0 Å². The summed E-state index contributed by atoms with van der Waals surface area (Å²) in [6.07, 6.45) is 5.16. The SMILES string of the molecule is CCn1nccc1-c1nc(C2CCN(C(=O)c3ccc[nH]3)CC2)no1. The van der Waals surface area contributed by atoms with Crippen molar-refractivity contribution >= 4 is 5.91 Å². The van der Waals surface area contributed by atoms with Crippen molar-refractivity contribution in [1.29, 1.82) is 0 Å². The third kappa shape index (κ3) is 2.95. The molecule has 3 aromatic heterocycles. The normalized spacial score (nSPS) is 15.6. The molecule has 1 aliphatic rings. The fourth-order valence-electron chi connectivity index (χ4n) is 3.25. The average molecular weight is 340 g/mol. The highest BCUT2D eigenvalue weighted by atomic mass is 16.5. The molecule has 4 heterocycles. The van der Waals surface area contributed by atoms with Crippen LogP contribution in [0.15, 0.2) is 35.1 Å². The smallest absolute Gasteiger partial charge is 0.276 e. The molecule has 4 rings (SSSR count). The van der Waals surface area contributed by atoms with Crippen LogP contribution < -0.4 is 0 Å². The number of piperidine rings is 1. The van der Waals surface area contributed by atoms with Gasteiger partial charge in [0.1, 0.15) is 11.4 Å². The van der Waals surface area contributed by atoms with Crippen LogP contribution in [0.3, 0.4) is 0 Å². The molecule has 8 nitrogen and oxygen atoms in total. The van der Waals surface area contributed by atoms with Gasteiger partial charge in [-0.1, -0.05) is 5.16 Å². The maximum absolute atomic E-state index is 12.4. The number of rotatable bonds is 4. The summed E-state index contributed by atoms with van der Waals surface area (Å²) < 4.78 is 7.26. The third-order valence-electron chi connectivity index (χ3n) is 4.65. The van der Waals surface area contributed by atoms with Crippen LogP contribution in [0.25, 0.3) is 11.6 Å². The third-order valence-corrected chi connectivity index (χ3v) is 4.65. The number of aryl methyl sites for hydroxylation is 1. The summed E-state index contributed by atoms with van der Waals surface area (Å²) >= 11 is 0. The summed E-state index contributed by atoms with van der Waals surface area (Å²) in [5.41, 5.74) is 1.47. The molecule has 130 valence electrons. The largest absolute Gasteiger partial charge is 0.357 e. The molecule has 0 spiro atoms. The van der Waals surface area contributed by atoms with Crippen LogP contribution in [-0.4, -0.2) is 48.8 Å². The van der Waals surface area contributed by atoms with Crippen LogP contribution >= 0.6 is 0 Å². The summed E-state index contributed by atoms with van der Waals surface area (Å²) in [6.45, 7) is 4.16. The van der Waals surface area contributed by atoms with Crippen LogP contribution in [0, 0.1) is 0 Å². The van der Waals surface area contributed by atoms with Gasteiger partial charge >= 0.3 is 0 Å². The minimum atomic E-state index is 0.0455. The van der Waals surface area contributed by atoms with Crippen LogP contribution in [0.4, 0.5) is 0 Å². The van der Waals surface area contributed by atoms with Gasteiger partial charge in [0.2, 0.25) is 0 Å². The quantitative estimate of drug-likeness (QED) is 0.786. The second-order valence-corrected chi connectivity index (χ2v) is 6.14. The Morgan fingerprint density at radius 3 is 2.92 bits per heavy atom. The van der Waals surface area contributed by atoms with E-state index < -0.39 is 0 Å². The van der Waals surface area contributed by atoms with Crippen molar-refractivity contribution in [2.24, 2.45) is 0 Å². The van der Waals surface area contributed by atoms with E-state index in [2.05, 4.69) is 20.2 Å². The monoisotopic (exact) mass is 340 g/mol. The molecule has 1 saturated heterocycles. The average Bonchev–Trinajstić information content (AvgIpc) is 3.41. The molecular weight excluding hydrogens is 320 g/mol. The fraction of sp³-hybridized carbons (Fsp3) is 0.412. The standard InChI is InChI=1S/C17H20N6O2/c1-2-23-14(5-9-19-23)16-20-15(21-25-16)12-6-10-22(11-7-12)17(24)13-4-3-8-18-13/h3-5,8-9,12,18H,2,6-7,10-11H2,1H3. The molecule has 0 aliphatic carbocycles. The van der Waals surface area contributed by atoms with Crippen LogP contribution in [0.5, 0.6) is 0 Å². The minimum absolute atomic E-state index is 0.0455. The molecule has 1 aliphatic heterocycles. The van der Waals surface area contributed by atoms with Crippen molar-refractivity contribution in [3.05, 3.63) is 42.1 Å². The van der Waals surface area contributed by atoms with Crippen molar-refractivity contribution in [3.63, 3.8) is 0 Å². The van der Waals surface area contributed by atoms with E-state index in [4.69, 9.17) is 4.52 Å². The van der Waals surface area contributed by atoms with E-state index in [0.29, 0.717) is 30.5 Å². The fourth-order valence-corrected chi connectivity index (χ4v) is 3.25. The van der Waals surface area contributed by atoms with Crippen LogP contribution in [0.2, 0.25) is 0 Å². The number of carbonyl (C=O) groups is 1. The zero-order chi connectivity index (χ0) is 17.2. The zero-order valence-electron chi connectivity index (χ0n) is 14.1. The Morgan fingerprint density at radius 2 is 2.20 bits per heavy atom. The zero-order valence-corrected chi connectivity index (χ0v) is 14.1. The highest BCUT2D eigenvalue weighted by molar-refractivity contribution is 5.92. The molecule has 0 unspecified atom stereocenters. The predicted molar refractivity (Wildman–Crippen MR) is 89.9 cm³/mol. The Kier molecular flexibility index (Phi) is 4.09. The number of amides is 1. The Balaban J connectivity index is 1.42. The highest BCUT2D eigenvalue weighted by Crippen LogP contribution is 2.28. The summed E-state index contributed by atoms with van der Waals surface area (Å²) in [7, 11) is 0. The second-order valence-electron chi connectivity index (χ2n) is 6.14. The van der Waals surface area contributed by atoms with Gasteiger partial charge < -0.3 is 14.4 Å². The summed E-state index contributed by atoms with van der Waals surface area (Å²) in [5, 5.41) is 8.38. The minimum Gasteiger partial charge on any atom is -0.357 e. The molecule has 1 N–H and O–H groups in total. The maximum Gasteiger partial charge on any atom is 0.276 e. The van der Waals surface area contributed by atoms with Gasteiger partial charge in [0.25, 0.3) is 11.8 Å². The van der Waals surface area contributed by atoms with Gasteiger partial charge in [0.15, 0.2) is 5.82 Å². The summed E-state index contributed by atoms with van der Waals surface area (Å²) in [4.78, 5) is 21.8. The first-order valence-electron chi connectivity index (χ1n) is 8.54. The number of likely N-dealkylation sites (tertiary alicyclic amines) is 1. The molecule has 0 atom stereocenters. The molecule has 0 radical (unpaired) electrons. The van der Waals surface area contributed by atoms with E-state index in [1.165, 1.54) is 0 Å². The van der Waals surface area contributed by atoms with Crippen molar-refractivity contribution in [2.45, 2.75) is 32.2 Å². The number of carbonyl (C=O) groups excluding carboxylic acids is 1. The number of aromatic amines is 1. The van der Waals surface area contributed by atoms with E-state index in [1.807, 2.05) is 28.6 Å². The second kappa shape index (κ2) is 6.54. The number of hydrogen-bond acceptors (Lipinski definition) is 5. The first-order chi connectivity index (χ1) is 12.3. The van der Waals surface area contributed by atoms with E-state index in [0.717, 1.165) is 25.1 Å². The highest BCUT2D eigenvalue weighted by Gasteiger charge is 2.28. The molecule has 1 fully saturated rings. The van der Waals surface area contributed by atoms with E-state index in [-0.39, 0.29) is 11.8 Å². The van der Waals surface area contributed by atoms with Crippen molar-refractivity contribution in [1.82, 2.24) is 29.8 Å². The number of aromatic nitrogens is 5. The van der Waals surface area contributed by atoms with E-state index in [9.17, 15) is 4.79 Å². The molecule has 0 aromatic carbocycles. The summed E-state index contributed by atoms with van der Waals surface area (Å²) in [6, 6.07) is 5.51. The molecule has 25 heavy (non-hydrogen) atoms. The van der Waals surface area contributed by atoms with Gasteiger partial charge in [-0.15, -0.1) is 0 Å². The number of nitrogens with zero attached hydrogens (tertiary/aromatic N) is 5. The van der Waals surface area contributed by atoms with Crippen molar-refractivity contribution in [2.75, 3.05) is 13.1 Å². The molecule has 3 aromatic rings. The molecule has 1 amide bonds. The first-order valence-corrected chi connectivity index (χ1v) is 8.54. The molecular formula is C17H20N6O2. The number of nitrogens with one attached hydrogen (secondary N) is 1. The van der Waals surface area contributed by atoms with Crippen LogP contribution in [-0.2, 0) is 6.54 Å². The lowest BCUT2D eigenvalue weighted by molar-refractivity contribution is 0.0705. The Bertz CT molecular complexity index is 842. The van der Waals surface area contributed by atoms with Gasteiger partial charge in [0, 0.05) is 37.9 Å². The van der Waals surface area contributed by atoms with Gasteiger partial charge in [-0.2, -0.15) is 10.1 Å². The predicted octanol–water partition coefficient (Wildman–Crippen LogP) is 2.30. The van der Waals surface area contributed by atoms with E-state index >= 15 is 0 Å². The lowest BCUT2D eigenvalue weighted by Crippen LogP contribution is -2.38. The van der Waals surface area contributed by atoms with Crippen molar-refractivity contribution < 1.29 is 9.32 Å². The first kappa shape index (κ1) is 15.6. The van der Waals surface area contributed by atoms with Gasteiger partial charge in [-0.3, -0.25) is 9.48 Å². The molecule has 0 bridgehead atoms. The Hall–Kier alpha value is -2.90. The maximum atomic E-state index is 12.4. The molecule has 8 heteroatoms. The lowest BCUT2D eigenvalue weighted by Gasteiger charge is -2.30. The lowest BCUT2D eigenvalue weighted by atomic mass is 9.96. The van der Waals surface area contributed by atoms with Gasteiger partial charge in [0.05, 0.1) is 0 Å². The topological polar surface area (TPSA) is 92.8 Å². The number of H-pyrrole nitrogens is 1. The van der Waals surface area contributed by atoms with Gasteiger partial charge in [-0.25, -0.2) is 0 Å². The Labute approximate surface area is 144 Å².